The lowest BCUT2D eigenvalue weighted by Crippen LogP contribution is -2.26. The lowest BCUT2D eigenvalue weighted by atomic mass is 10.4. The largest absolute Gasteiger partial charge is 0.364 e. The van der Waals surface area contributed by atoms with Crippen LogP contribution in [-0.4, -0.2) is 37.0 Å². The molecular weight excluding hydrogens is 174 g/mol. The van der Waals surface area contributed by atoms with E-state index in [1.807, 2.05) is 0 Å². The second-order valence-electron chi connectivity index (χ2n) is 2.39. The Balaban J connectivity index is 2.05. The summed E-state index contributed by atoms with van der Waals surface area (Å²) in [5, 5.41) is 6.63. The van der Waals surface area contributed by atoms with Gasteiger partial charge in [-0.15, -0.1) is 0 Å². The Morgan fingerprint density at radius 3 is 3.17 bits per heavy atom. The Morgan fingerprint density at radius 2 is 2.58 bits per heavy atom. The van der Waals surface area contributed by atoms with Gasteiger partial charge in [0.2, 0.25) is 5.91 Å². The summed E-state index contributed by atoms with van der Waals surface area (Å²) in [6, 6.07) is 0. The van der Waals surface area contributed by atoms with Crippen molar-refractivity contribution in [3.05, 3.63) is 0 Å². The summed E-state index contributed by atoms with van der Waals surface area (Å²) in [4.78, 5) is 15.0. The highest BCUT2D eigenvalue weighted by Gasteiger charge is 2.05. The molecule has 0 saturated heterocycles. The average Bonchev–Trinajstić information content (AvgIpc) is 2.57. The lowest BCUT2D eigenvalue weighted by Gasteiger charge is -2.03. The van der Waals surface area contributed by atoms with Gasteiger partial charge in [0.15, 0.2) is 5.17 Å². The fourth-order valence-corrected chi connectivity index (χ4v) is 1.61. The van der Waals surface area contributed by atoms with Crippen LogP contribution in [0.25, 0.3) is 0 Å². The van der Waals surface area contributed by atoms with Crippen LogP contribution in [0.3, 0.4) is 0 Å². The molecule has 0 unspecified atom stereocenters. The van der Waals surface area contributed by atoms with Crippen LogP contribution in [0.4, 0.5) is 0 Å². The first-order valence-electron chi connectivity index (χ1n) is 3.94. The third-order valence-corrected chi connectivity index (χ3v) is 2.43. The van der Waals surface area contributed by atoms with Crippen LogP contribution in [0.15, 0.2) is 4.99 Å². The number of hydrogen-bond donors (Lipinski definition) is 2. The van der Waals surface area contributed by atoms with Gasteiger partial charge in [-0.2, -0.15) is 0 Å². The number of aliphatic imine (C=N–C) groups is 1. The number of carbonyl (C=O) groups is 1. The predicted molar refractivity (Wildman–Crippen MR) is 51.4 cm³/mol. The molecule has 0 bridgehead atoms. The van der Waals surface area contributed by atoms with E-state index in [2.05, 4.69) is 15.6 Å². The zero-order valence-corrected chi connectivity index (χ0v) is 7.91. The van der Waals surface area contributed by atoms with Crippen LogP contribution in [0.1, 0.15) is 6.42 Å². The summed E-state index contributed by atoms with van der Waals surface area (Å²) in [6.45, 7) is 1.57. The van der Waals surface area contributed by atoms with E-state index in [0.29, 0.717) is 13.0 Å². The molecule has 1 rings (SSSR count). The summed E-state index contributed by atoms with van der Waals surface area (Å²) in [7, 11) is 1.64. The van der Waals surface area contributed by atoms with Gasteiger partial charge in [-0.1, -0.05) is 11.8 Å². The Kier molecular flexibility index (Phi) is 3.93. The van der Waals surface area contributed by atoms with E-state index >= 15 is 0 Å². The molecule has 0 aromatic heterocycles. The normalized spacial score (nSPS) is 15.6. The van der Waals surface area contributed by atoms with Crippen molar-refractivity contribution < 1.29 is 4.79 Å². The van der Waals surface area contributed by atoms with E-state index in [1.165, 1.54) is 0 Å². The van der Waals surface area contributed by atoms with Gasteiger partial charge in [0.1, 0.15) is 0 Å². The maximum absolute atomic E-state index is 10.8. The molecule has 0 radical (unpaired) electrons. The molecule has 1 heterocycles. The average molecular weight is 187 g/mol. The number of hydrogen-bond acceptors (Lipinski definition) is 4. The van der Waals surface area contributed by atoms with Crippen molar-refractivity contribution in [1.29, 1.82) is 0 Å². The zero-order chi connectivity index (χ0) is 8.81. The standard InChI is InChI=1S/C7H13N3OS/c1-8-6(11)2-3-9-7-10-4-5-12-7/h2-5H2,1H3,(H,8,11)(H,9,10). The van der Waals surface area contributed by atoms with Crippen molar-refractivity contribution in [3.63, 3.8) is 0 Å². The maximum Gasteiger partial charge on any atom is 0.221 e. The molecule has 68 valence electrons. The Labute approximate surface area is 76.2 Å². The van der Waals surface area contributed by atoms with Gasteiger partial charge in [-0.3, -0.25) is 9.79 Å². The van der Waals surface area contributed by atoms with Crippen molar-refractivity contribution >= 4 is 22.8 Å². The van der Waals surface area contributed by atoms with Crippen LogP contribution in [0.5, 0.6) is 0 Å². The van der Waals surface area contributed by atoms with Gasteiger partial charge >= 0.3 is 0 Å². The van der Waals surface area contributed by atoms with E-state index in [-0.39, 0.29) is 5.91 Å². The van der Waals surface area contributed by atoms with E-state index in [0.717, 1.165) is 17.5 Å². The van der Waals surface area contributed by atoms with Crippen molar-refractivity contribution in [2.45, 2.75) is 6.42 Å². The van der Waals surface area contributed by atoms with Crippen molar-refractivity contribution in [1.82, 2.24) is 10.6 Å². The Bertz CT molecular complexity index is 193. The molecule has 5 heteroatoms. The Hall–Kier alpha value is -0.710. The highest BCUT2D eigenvalue weighted by Crippen LogP contribution is 2.08. The van der Waals surface area contributed by atoms with E-state index in [1.54, 1.807) is 18.8 Å². The molecule has 0 saturated carbocycles. The number of rotatable bonds is 3. The summed E-state index contributed by atoms with van der Waals surface area (Å²) in [5.74, 6) is 1.12. The van der Waals surface area contributed by atoms with Crippen molar-refractivity contribution in [2.75, 3.05) is 25.9 Å². The molecule has 12 heavy (non-hydrogen) atoms. The van der Waals surface area contributed by atoms with E-state index in [4.69, 9.17) is 0 Å². The number of nitrogens with zero attached hydrogens (tertiary/aromatic N) is 1. The minimum Gasteiger partial charge on any atom is -0.364 e. The first-order chi connectivity index (χ1) is 5.83. The highest BCUT2D eigenvalue weighted by molar-refractivity contribution is 8.14. The summed E-state index contributed by atoms with van der Waals surface area (Å²) < 4.78 is 0. The highest BCUT2D eigenvalue weighted by atomic mass is 32.2. The molecule has 0 aromatic carbocycles. The maximum atomic E-state index is 10.8. The predicted octanol–water partition coefficient (Wildman–Crippen LogP) is -0.185. The van der Waals surface area contributed by atoms with Gasteiger partial charge in [0.05, 0.1) is 6.54 Å². The lowest BCUT2D eigenvalue weighted by molar-refractivity contribution is -0.120. The smallest absolute Gasteiger partial charge is 0.221 e. The minimum atomic E-state index is 0.0612. The van der Waals surface area contributed by atoms with Crippen molar-refractivity contribution in [3.8, 4) is 0 Å². The minimum absolute atomic E-state index is 0.0612. The monoisotopic (exact) mass is 187 g/mol. The third kappa shape index (κ3) is 3.13. The van der Waals surface area contributed by atoms with E-state index < -0.39 is 0 Å². The number of thioether (sulfide) groups is 1. The summed E-state index contributed by atoms with van der Waals surface area (Å²) in [6.07, 6.45) is 0.510. The van der Waals surface area contributed by atoms with Gasteiger partial charge in [0.25, 0.3) is 0 Å². The molecule has 4 nitrogen and oxygen atoms in total. The molecule has 0 aliphatic carbocycles. The topological polar surface area (TPSA) is 53.5 Å². The quantitative estimate of drug-likeness (QED) is 0.644. The van der Waals surface area contributed by atoms with Gasteiger partial charge in [-0.25, -0.2) is 0 Å². The first kappa shape index (κ1) is 9.38. The molecule has 0 spiro atoms. The molecule has 1 aliphatic heterocycles. The van der Waals surface area contributed by atoms with Crippen molar-refractivity contribution in [2.24, 2.45) is 4.99 Å². The van der Waals surface area contributed by atoms with Crippen LogP contribution >= 0.6 is 11.8 Å². The van der Waals surface area contributed by atoms with Crippen LogP contribution in [-0.2, 0) is 4.79 Å². The second-order valence-corrected chi connectivity index (χ2v) is 3.47. The van der Waals surface area contributed by atoms with E-state index in [9.17, 15) is 4.79 Å². The SMILES string of the molecule is CNC(=O)CCNC1=NCCS1. The van der Waals surface area contributed by atoms with Crippen LogP contribution < -0.4 is 10.6 Å². The number of nitrogens with one attached hydrogen (secondary N) is 2. The molecule has 1 amide bonds. The summed E-state index contributed by atoms with van der Waals surface area (Å²) >= 11 is 1.71. The fourth-order valence-electron chi connectivity index (χ4n) is 0.850. The van der Waals surface area contributed by atoms with Gasteiger partial charge in [0, 0.05) is 25.8 Å². The fraction of sp³-hybridized carbons (Fsp3) is 0.714. The molecule has 0 fully saturated rings. The molecule has 1 aliphatic rings. The third-order valence-electron chi connectivity index (χ3n) is 1.49. The number of amides is 1. The first-order valence-corrected chi connectivity index (χ1v) is 4.93. The Morgan fingerprint density at radius 1 is 1.75 bits per heavy atom. The molecule has 0 aromatic rings. The summed E-state index contributed by atoms with van der Waals surface area (Å²) in [5.41, 5.74) is 0. The second kappa shape index (κ2) is 5.03. The van der Waals surface area contributed by atoms with Gasteiger partial charge in [-0.05, 0) is 0 Å². The molecule has 2 N–H and O–H groups in total. The molecule has 0 atom stereocenters. The number of carbonyl (C=O) groups excluding carboxylic acids is 1. The van der Waals surface area contributed by atoms with Crippen LogP contribution in [0.2, 0.25) is 0 Å². The zero-order valence-electron chi connectivity index (χ0n) is 7.09. The molecular formula is C7H13N3OS. The number of amidine groups is 1. The van der Waals surface area contributed by atoms with Crippen LogP contribution in [0, 0.1) is 0 Å². The van der Waals surface area contributed by atoms with Gasteiger partial charge < -0.3 is 10.6 Å².